The van der Waals surface area contributed by atoms with E-state index in [2.05, 4.69) is 10.3 Å². The number of hydrogen-bond donors (Lipinski definition) is 2. The first kappa shape index (κ1) is 20.5. The summed E-state index contributed by atoms with van der Waals surface area (Å²) in [6.07, 6.45) is 2.48. The van der Waals surface area contributed by atoms with Crippen molar-refractivity contribution in [3.8, 4) is 0 Å². The second-order valence-electron chi connectivity index (χ2n) is 7.75. The maximum atomic E-state index is 13.2. The predicted molar refractivity (Wildman–Crippen MR) is 120 cm³/mol. The molecule has 0 radical (unpaired) electrons. The lowest BCUT2D eigenvalue weighted by Gasteiger charge is -2.17. The second-order valence-corrected chi connectivity index (χ2v) is 7.75. The van der Waals surface area contributed by atoms with Crippen molar-refractivity contribution in [1.29, 1.82) is 5.41 Å². The number of amides is 1. The van der Waals surface area contributed by atoms with Crippen molar-refractivity contribution in [3.63, 3.8) is 0 Å². The normalized spacial score (nSPS) is 12.2. The van der Waals surface area contributed by atoms with Crippen LogP contribution in [0, 0.1) is 12.3 Å². The fraction of sp³-hybridized carbons (Fsp3) is 0.250. The Morgan fingerprint density at radius 1 is 1.19 bits per heavy atom. The molecule has 0 aliphatic heterocycles. The third kappa shape index (κ3) is 3.74. The van der Waals surface area contributed by atoms with Crippen LogP contribution in [0.1, 0.15) is 47.8 Å². The molecule has 2 N–H and O–H groups in total. The van der Waals surface area contributed by atoms with E-state index in [9.17, 15) is 9.59 Å². The first-order valence-electron chi connectivity index (χ1n) is 10.4. The van der Waals surface area contributed by atoms with Gasteiger partial charge < -0.3 is 9.88 Å². The van der Waals surface area contributed by atoms with Crippen molar-refractivity contribution in [1.82, 2.24) is 19.3 Å². The predicted octanol–water partition coefficient (Wildman–Crippen LogP) is 3.34. The fourth-order valence-electron chi connectivity index (χ4n) is 3.76. The molecule has 1 aromatic carbocycles. The Morgan fingerprint density at radius 3 is 2.65 bits per heavy atom. The van der Waals surface area contributed by atoms with Crippen LogP contribution in [0.4, 0.5) is 0 Å². The Kier molecular flexibility index (Phi) is 5.42. The third-order valence-electron chi connectivity index (χ3n) is 5.39. The molecular weight excluding hydrogens is 390 g/mol. The molecule has 1 amide bonds. The van der Waals surface area contributed by atoms with Crippen molar-refractivity contribution >= 4 is 22.6 Å². The van der Waals surface area contributed by atoms with Crippen LogP contribution in [0.5, 0.6) is 0 Å². The van der Waals surface area contributed by atoms with Crippen molar-refractivity contribution in [2.75, 3.05) is 0 Å². The number of benzene rings is 1. The number of aromatic nitrogens is 3. The summed E-state index contributed by atoms with van der Waals surface area (Å²) in [5.41, 5.74) is 2.80. The Balaban J connectivity index is 1.89. The van der Waals surface area contributed by atoms with Crippen molar-refractivity contribution in [3.05, 3.63) is 87.3 Å². The van der Waals surface area contributed by atoms with E-state index >= 15 is 0 Å². The molecule has 4 aromatic rings. The molecule has 7 heteroatoms. The Labute approximate surface area is 179 Å². The monoisotopic (exact) mass is 415 g/mol. The molecule has 4 rings (SSSR count). The van der Waals surface area contributed by atoms with Crippen LogP contribution < -0.4 is 16.4 Å². The zero-order valence-corrected chi connectivity index (χ0v) is 17.8. The summed E-state index contributed by atoms with van der Waals surface area (Å²) in [5, 5.41) is 12.0. The van der Waals surface area contributed by atoms with E-state index in [0.29, 0.717) is 23.2 Å². The SMILES string of the molecule is CCCn1c(=N)c(C(=O)N[C@@H](C)c2ccccc2)cc2c(=O)n3cc(C)ccc3nc21. The topological polar surface area (TPSA) is 92.2 Å². The molecule has 1 atom stereocenters. The summed E-state index contributed by atoms with van der Waals surface area (Å²) in [6, 6.07) is 14.6. The molecule has 0 saturated heterocycles. The molecule has 31 heavy (non-hydrogen) atoms. The van der Waals surface area contributed by atoms with E-state index in [4.69, 9.17) is 5.41 Å². The van der Waals surface area contributed by atoms with Gasteiger partial charge in [0.15, 0.2) is 0 Å². The van der Waals surface area contributed by atoms with Crippen LogP contribution in [-0.2, 0) is 6.54 Å². The molecule has 0 aliphatic rings. The summed E-state index contributed by atoms with van der Waals surface area (Å²) in [7, 11) is 0. The highest BCUT2D eigenvalue weighted by Gasteiger charge is 2.19. The van der Waals surface area contributed by atoms with Gasteiger partial charge in [0.25, 0.3) is 11.5 Å². The van der Waals surface area contributed by atoms with Crippen LogP contribution in [0.3, 0.4) is 0 Å². The van der Waals surface area contributed by atoms with Crippen LogP contribution in [0.15, 0.2) is 59.5 Å². The quantitative estimate of drug-likeness (QED) is 0.490. The molecule has 0 unspecified atom stereocenters. The average molecular weight is 415 g/mol. The first-order chi connectivity index (χ1) is 14.9. The average Bonchev–Trinajstić information content (AvgIpc) is 2.77. The van der Waals surface area contributed by atoms with Gasteiger partial charge in [-0.25, -0.2) is 4.98 Å². The molecule has 0 bridgehead atoms. The summed E-state index contributed by atoms with van der Waals surface area (Å²) >= 11 is 0. The van der Waals surface area contributed by atoms with Crippen molar-refractivity contribution in [2.24, 2.45) is 0 Å². The molecule has 3 heterocycles. The Hall–Kier alpha value is -3.74. The molecule has 0 fully saturated rings. The number of aryl methyl sites for hydroxylation is 2. The highest BCUT2D eigenvalue weighted by Crippen LogP contribution is 2.14. The van der Waals surface area contributed by atoms with Crippen LogP contribution in [0.25, 0.3) is 16.7 Å². The largest absolute Gasteiger partial charge is 0.345 e. The highest BCUT2D eigenvalue weighted by atomic mass is 16.2. The lowest BCUT2D eigenvalue weighted by Crippen LogP contribution is -2.36. The van der Waals surface area contributed by atoms with Crippen LogP contribution in [-0.4, -0.2) is 19.9 Å². The summed E-state index contributed by atoms with van der Waals surface area (Å²) in [5.74, 6) is -0.387. The van der Waals surface area contributed by atoms with Gasteiger partial charge in [-0.05, 0) is 43.5 Å². The number of fused-ring (bicyclic) bond motifs is 2. The molecule has 158 valence electrons. The summed E-state index contributed by atoms with van der Waals surface area (Å²) in [4.78, 5) is 31.0. The van der Waals surface area contributed by atoms with E-state index in [1.54, 1.807) is 16.8 Å². The second kappa shape index (κ2) is 8.18. The zero-order chi connectivity index (χ0) is 22.1. The fourth-order valence-corrected chi connectivity index (χ4v) is 3.76. The van der Waals surface area contributed by atoms with Gasteiger partial charge in [-0.1, -0.05) is 43.3 Å². The van der Waals surface area contributed by atoms with Crippen LogP contribution >= 0.6 is 0 Å². The smallest absolute Gasteiger partial charge is 0.267 e. The minimum Gasteiger partial charge on any atom is -0.345 e. The van der Waals surface area contributed by atoms with E-state index in [1.807, 2.05) is 57.2 Å². The number of nitrogens with one attached hydrogen (secondary N) is 2. The number of pyridine rings is 2. The standard InChI is InChI=1S/C24H25N5O2/c1-4-12-28-21(25)18(23(30)26-16(3)17-8-6-5-7-9-17)13-19-22(28)27-20-11-10-15(2)14-29(20)24(19)31/h5-11,13-14,16,25H,4,12H2,1-3H3,(H,26,30)/t16-/m0/s1. The molecule has 0 saturated carbocycles. The zero-order valence-electron chi connectivity index (χ0n) is 17.8. The third-order valence-corrected chi connectivity index (χ3v) is 5.39. The van der Waals surface area contributed by atoms with E-state index in [0.717, 1.165) is 17.5 Å². The Bertz CT molecular complexity index is 1400. The molecular formula is C24H25N5O2. The molecule has 7 nitrogen and oxygen atoms in total. The molecule has 0 spiro atoms. The van der Waals surface area contributed by atoms with Gasteiger partial charge >= 0.3 is 0 Å². The molecule has 3 aromatic heterocycles. The van der Waals surface area contributed by atoms with E-state index < -0.39 is 0 Å². The number of carbonyl (C=O) groups is 1. The molecule has 0 aliphatic carbocycles. The number of nitrogens with zero attached hydrogens (tertiary/aromatic N) is 3. The lowest BCUT2D eigenvalue weighted by atomic mass is 10.1. The van der Waals surface area contributed by atoms with Gasteiger partial charge in [-0.3, -0.25) is 19.4 Å². The number of hydrogen-bond acceptors (Lipinski definition) is 4. The van der Waals surface area contributed by atoms with E-state index in [-0.39, 0.29) is 28.6 Å². The van der Waals surface area contributed by atoms with Gasteiger partial charge in [0.05, 0.1) is 17.0 Å². The van der Waals surface area contributed by atoms with Crippen molar-refractivity contribution in [2.45, 2.75) is 39.8 Å². The summed E-state index contributed by atoms with van der Waals surface area (Å²) in [6.45, 7) is 6.27. The maximum Gasteiger partial charge on any atom is 0.267 e. The Morgan fingerprint density at radius 2 is 1.94 bits per heavy atom. The highest BCUT2D eigenvalue weighted by molar-refractivity contribution is 5.97. The van der Waals surface area contributed by atoms with E-state index in [1.165, 1.54) is 10.5 Å². The minimum atomic E-state index is -0.387. The van der Waals surface area contributed by atoms with Gasteiger partial charge in [-0.2, -0.15) is 0 Å². The maximum absolute atomic E-state index is 13.2. The minimum absolute atomic E-state index is 0.0514. The van der Waals surface area contributed by atoms with Gasteiger partial charge in [0, 0.05) is 12.7 Å². The number of rotatable bonds is 5. The van der Waals surface area contributed by atoms with Gasteiger partial charge in [0.1, 0.15) is 16.8 Å². The first-order valence-corrected chi connectivity index (χ1v) is 10.4. The number of carbonyl (C=O) groups excluding carboxylic acids is 1. The van der Waals surface area contributed by atoms with Crippen molar-refractivity contribution < 1.29 is 4.79 Å². The summed E-state index contributed by atoms with van der Waals surface area (Å²) < 4.78 is 3.14. The van der Waals surface area contributed by atoms with Gasteiger partial charge in [0.2, 0.25) is 0 Å². The van der Waals surface area contributed by atoms with Crippen LogP contribution in [0.2, 0.25) is 0 Å². The lowest BCUT2D eigenvalue weighted by molar-refractivity contribution is 0.0937. The van der Waals surface area contributed by atoms with Gasteiger partial charge in [-0.15, -0.1) is 0 Å².